The highest BCUT2D eigenvalue weighted by molar-refractivity contribution is 7.92. The van der Waals surface area contributed by atoms with E-state index in [-0.39, 0.29) is 34.9 Å². The van der Waals surface area contributed by atoms with Crippen LogP contribution in [-0.4, -0.2) is 34.1 Å². The van der Waals surface area contributed by atoms with Gasteiger partial charge < -0.3 is 10.6 Å². The topological polar surface area (TPSA) is 131 Å². The van der Waals surface area contributed by atoms with Crippen LogP contribution in [0.5, 0.6) is 0 Å². The number of fused-ring (bicyclic) bond motifs is 1. The summed E-state index contributed by atoms with van der Waals surface area (Å²) in [6.45, 7) is 5.95. The van der Waals surface area contributed by atoms with Crippen LogP contribution in [0.1, 0.15) is 31.0 Å². The lowest BCUT2D eigenvalue weighted by Gasteiger charge is -2.12. The first kappa shape index (κ1) is 24.4. The van der Waals surface area contributed by atoms with E-state index in [4.69, 9.17) is 0 Å². The van der Waals surface area contributed by atoms with Gasteiger partial charge in [0.25, 0.3) is 10.0 Å². The number of nitrogens with zero attached hydrogens (tertiary/aromatic N) is 4. The van der Waals surface area contributed by atoms with E-state index in [0.717, 1.165) is 17.2 Å². The monoisotopic (exact) mass is 521 g/mol. The summed E-state index contributed by atoms with van der Waals surface area (Å²) in [5, 5.41) is 9.96. The molecule has 3 heterocycles. The fourth-order valence-electron chi connectivity index (χ4n) is 3.92. The lowest BCUT2D eigenvalue weighted by molar-refractivity contribution is -0.115. The second kappa shape index (κ2) is 9.28. The van der Waals surface area contributed by atoms with Crippen LogP contribution in [0, 0.1) is 12.7 Å². The lowest BCUT2D eigenvalue weighted by atomic mass is 10.1. The van der Waals surface area contributed by atoms with Crippen LogP contribution in [0.15, 0.2) is 59.9 Å². The number of aryl methyl sites for hydroxylation is 1. The van der Waals surface area contributed by atoms with Crippen LogP contribution in [0.3, 0.4) is 0 Å². The molecule has 0 saturated carbocycles. The maximum atomic E-state index is 14.9. The number of amides is 1. The third-order valence-corrected chi connectivity index (χ3v) is 7.22. The van der Waals surface area contributed by atoms with Gasteiger partial charge in [0.2, 0.25) is 11.9 Å². The van der Waals surface area contributed by atoms with Gasteiger partial charge in [-0.25, -0.2) is 22.8 Å². The molecule has 190 valence electrons. The molecule has 0 saturated heterocycles. The number of carbonyl (C=O) groups excluding carboxylic acids is 1. The summed E-state index contributed by atoms with van der Waals surface area (Å²) in [7, 11) is -4.07. The molecule has 2 aromatic heterocycles. The van der Waals surface area contributed by atoms with Crippen molar-refractivity contribution in [1.29, 1.82) is 0 Å². The van der Waals surface area contributed by atoms with Crippen molar-refractivity contribution < 1.29 is 17.6 Å². The first-order valence-electron chi connectivity index (χ1n) is 11.5. The summed E-state index contributed by atoms with van der Waals surface area (Å²) in [6.07, 6.45) is 5.39. The third kappa shape index (κ3) is 5.00. The Labute approximate surface area is 213 Å². The molecular weight excluding hydrogens is 497 g/mol. The van der Waals surface area contributed by atoms with E-state index in [2.05, 4.69) is 30.4 Å². The molecule has 0 spiro atoms. The number of hydrogen-bond acceptors (Lipinski definition) is 7. The van der Waals surface area contributed by atoms with Crippen LogP contribution >= 0.6 is 0 Å². The van der Waals surface area contributed by atoms with E-state index in [1.807, 2.05) is 31.6 Å². The van der Waals surface area contributed by atoms with Crippen molar-refractivity contribution in [3.63, 3.8) is 0 Å². The fraction of sp³-hybridized carbons (Fsp3) is 0.200. The Morgan fingerprint density at radius 2 is 1.95 bits per heavy atom. The molecular formula is C25H24FN7O3S. The minimum Gasteiger partial charge on any atom is -0.326 e. The van der Waals surface area contributed by atoms with Crippen LogP contribution < -0.4 is 15.4 Å². The summed E-state index contributed by atoms with van der Waals surface area (Å²) in [5.74, 6) is -0.731. The predicted octanol–water partition coefficient (Wildman–Crippen LogP) is 4.41. The van der Waals surface area contributed by atoms with Gasteiger partial charge in [-0.05, 0) is 68.3 Å². The molecule has 0 bridgehead atoms. The Morgan fingerprint density at radius 1 is 1.14 bits per heavy atom. The summed E-state index contributed by atoms with van der Waals surface area (Å²) < 4.78 is 44.7. The molecule has 4 aromatic rings. The number of carbonyl (C=O) groups is 1. The van der Waals surface area contributed by atoms with Crippen LogP contribution in [0.2, 0.25) is 0 Å². The van der Waals surface area contributed by atoms with Gasteiger partial charge in [-0.2, -0.15) is 5.10 Å². The molecule has 5 rings (SSSR count). The quantitative estimate of drug-likeness (QED) is 0.328. The Hall–Kier alpha value is -4.32. The number of benzene rings is 2. The van der Waals surface area contributed by atoms with Gasteiger partial charge in [0, 0.05) is 35.4 Å². The van der Waals surface area contributed by atoms with Gasteiger partial charge in [0.1, 0.15) is 5.82 Å². The van der Waals surface area contributed by atoms with Crippen molar-refractivity contribution in [1.82, 2.24) is 19.7 Å². The lowest BCUT2D eigenvalue weighted by Crippen LogP contribution is -2.14. The average molecular weight is 522 g/mol. The fourth-order valence-corrected chi connectivity index (χ4v) is 5.04. The summed E-state index contributed by atoms with van der Waals surface area (Å²) in [6, 6.07) is 8.47. The van der Waals surface area contributed by atoms with Crippen LogP contribution in [-0.2, 0) is 21.2 Å². The number of nitrogens with one attached hydrogen (secondary N) is 3. The SMILES string of the molecule is Cc1cnc(Nc2ccc(NS(=O)(=O)c3ccc4c(c3)CC(=O)N4)c(F)c2)nc1-c1cnn(C(C)C)c1. The number of aromatic nitrogens is 4. The zero-order valence-electron chi connectivity index (χ0n) is 20.3. The maximum absolute atomic E-state index is 14.9. The molecule has 0 atom stereocenters. The number of sulfonamides is 1. The molecule has 3 N–H and O–H groups in total. The summed E-state index contributed by atoms with van der Waals surface area (Å²) in [4.78, 5) is 20.3. The van der Waals surface area contributed by atoms with Crippen molar-refractivity contribution in [2.45, 2.75) is 38.1 Å². The zero-order chi connectivity index (χ0) is 26.3. The van der Waals surface area contributed by atoms with Gasteiger partial charge in [-0.3, -0.25) is 14.2 Å². The normalized spacial score (nSPS) is 12.9. The second-order valence-electron chi connectivity index (χ2n) is 9.00. The number of halogens is 1. The predicted molar refractivity (Wildman–Crippen MR) is 138 cm³/mol. The van der Waals surface area contributed by atoms with Crippen molar-refractivity contribution in [2.75, 3.05) is 15.4 Å². The van der Waals surface area contributed by atoms with Gasteiger partial charge in [-0.1, -0.05) is 0 Å². The van der Waals surface area contributed by atoms with E-state index >= 15 is 0 Å². The number of hydrogen-bond donors (Lipinski definition) is 3. The minimum atomic E-state index is -4.07. The molecule has 0 aliphatic carbocycles. The van der Waals surface area contributed by atoms with Gasteiger partial charge in [-0.15, -0.1) is 0 Å². The molecule has 37 heavy (non-hydrogen) atoms. The highest BCUT2D eigenvalue weighted by Crippen LogP contribution is 2.29. The van der Waals surface area contributed by atoms with E-state index < -0.39 is 15.8 Å². The Kier molecular flexibility index (Phi) is 6.12. The van der Waals surface area contributed by atoms with E-state index in [9.17, 15) is 17.6 Å². The number of rotatable bonds is 7. The smallest absolute Gasteiger partial charge is 0.261 e. The van der Waals surface area contributed by atoms with Crippen LogP contribution in [0.4, 0.5) is 27.4 Å². The molecule has 1 aliphatic heterocycles. The molecule has 0 radical (unpaired) electrons. The van der Waals surface area contributed by atoms with Gasteiger partial charge in [0.15, 0.2) is 0 Å². The second-order valence-corrected chi connectivity index (χ2v) is 10.7. The Morgan fingerprint density at radius 3 is 2.68 bits per heavy atom. The molecule has 1 aliphatic rings. The molecule has 1 amide bonds. The zero-order valence-corrected chi connectivity index (χ0v) is 21.1. The standard InChI is InChI=1S/C25H24FN7O3S/c1-14(2)33-13-17(12-28-33)24-15(3)11-27-25(31-24)29-18-4-6-22(20(26)10-18)32-37(35,36)19-5-7-21-16(8-19)9-23(34)30-21/h4-8,10-14,32H,9H2,1-3H3,(H,30,34)(H,27,29,31). The van der Waals surface area contributed by atoms with Gasteiger partial charge in [0.05, 0.1) is 28.9 Å². The first-order chi connectivity index (χ1) is 17.6. The van der Waals surface area contributed by atoms with Crippen LogP contribution in [0.25, 0.3) is 11.3 Å². The average Bonchev–Trinajstić information content (AvgIpc) is 3.48. The van der Waals surface area contributed by atoms with E-state index in [1.54, 1.807) is 12.4 Å². The molecule has 0 fully saturated rings. The van der Waals surface area contributed by atoms with Crippen molar-refractivity contribution in [2.24, 2.45) is 0 Å². The first-order valence-corrected chi connectivity index (χ1v) is 13.0. The molecule has 2 aromatic carbocycles. The number of anilines is 4. The van der Waals surface area contributed by atoms with Crippen molar-refractivity contribution in [3.8, 4) is 11.3 Å². The molecule has 12 heteroatoms. The van der Waals surface area contributed by atoms with Crippen molar-refractivity contribution >= 4 is 38.9 Å². The van der Waals surface area contributed by atoms with Gasteiger partial charge >= 0.3 is 0 Å². The Balaban J connectivity index is 1.34. The van der Waals surface area contributed by atoms with Crippen molar-refractivity contribution in [3.05, 3.63) is 71.9 Å². The summed E-state index contributed by atoms with van der Waals surface area (Å²) >= 11 is 0. The molecule has 10 nitrogen and oxygen atoms in total. The summed E-state index contributed by atoms with van der Waals surface area (Å²) in [5.41, 5.74) is 3.65. The third-order valence-electron chi connectivity index (χ3n) is 5.86. The van der Waals surface area contributed by atoms with E-state index in [0.29, 0.717) is 22.6 Å². The highest BCUT2D eigenvalue weighted by atomic mass is 32.2. The highest BCUT2D eigenvalue weighted by Gasteiger charge is 2.23. The Bertz CT molecular complexity index is 1630. The minimum absolute atomic E-state index is 0.0641. The van der Waals surface area contributed by atoms with E-state index in [1.165, 1.54) is 30.3 Å². The molecule has 0 unspecified atom stereocenters. The largest absolute Gasteiger partial charge is 0.326 e. The maximum Gasteiger partial charge on any atom is 0.261 e.